The zero-order chi connectivity index (χ0) is 18.6. The highest BCUT2D eigenvalue weighted by atomic mass is 19.1. The maximum Gasteiger partial charge on any atom is 0.151 e. The fraction of sp³-hybridized carbons (Fsp3) is 0.200. The highest BCUT2D eigenvalue weighted by molar-refractivity contribution is 5.60. The van der Waals surface area contributed by atoms with Crippen molar-refractivity contribution in [2.45, 2.75) is 0 Å². The van der Waals surface area contributed by atoms with Crippen LogP contribution in [0.2, 0.25) is 0 Å². The third-order valence-corrected chi connectivity index (χ3v) is 4.60. The van der Waals surface area contributed by atoms with E-state index in [2.05, 4.69) is 31.1 Å². The number of piperazine rings is 1. The normalized spacial score (nSPS) is 14.1. The Morgan fingerprint density at radius 3 is 2.44 bits per heavy atom. The molecule has 0 radical (unpaired) electrons. The summed E-state index contributed by atoms with van der Waals surface area (Å²) in [5.41, 5.74) is 2.80. The van der Waals surface area contributed by atoms with E-state index in [1.807, 2.05) is 30.3 Å². The molecule has 0 saturated carbocycles. The molecule has 3 heterocycles. The highest BCUT2D eigenvalue weighted by Gasteiger charge is 2.19. The molecule has 7 heteroatoms. The number of anilines is 2. The van der Waals surface area contributed by atoms with Crippen LogP contribution >= 0.6 is 0 Å². The second kappa shape index (κ2) is 7.38. The van der Waals surface area contributed by atoms with Crippen molar-refractivity contribution in [2.75, 3.05) is 36.0 Å². The van der Waals surface area contributed by atoms with Gasteiger partial charge in [-0.15, -0.1) is 10.2 Å². The van der Waals surface area contributed by atoms with Gasteiger partial charge in [0.25, 0.3) is 0 Å². The molecule has 0 N–H and O–H groups in total. The lowest BCUT2D eigenvalue weighted by molar-refractivity contribution is 0.628. The number of benzene rings is 1. The minimum Gasteiger partial charge on any atom is -0.368 e. The predicted octanol–water partition coefficient (Wildman–Crippen LogP) is 2.88. The van der Waals surface area contributed by atoms with Gasteiger partial charge < -0.3 is 9.80 Å². The quantitative estimate of drug-likeness (QED) is 0.715. The molecule has 27 heavy (non-hydrogen) atoms. The molecule has 0 aliphatic carbocycles. The molecular weight excluding hydrogens is 343 g/mol. The standard InChI is InChI=1S/C20H17FN6/c21-16-3-1-2-15(12-16)19-4-5-20(25-24-19)27-10-8-26(9-11-27)18-6-7-23-17(13-18)14-22/h1-7,12-13H,8-11H2. The summed E-state index contributed by atoms with van der Waals surface area (Å²) < 4.78 is 13.4. The van der Waals surface area contributed by atoms with E-state index in [1.165, 1.54) is 12.1 Å². The Morgan fingerprint density at radius 2 is 1.74 bits per heavy atom. The Kier molecular flexibility index (Phi) is 4.62. The monoisotopic (exact) mass is 360 g/mol. The van der Waals surface area contributed by atoms with E-state index in [9.17, 15) is 4.39 Å². The molecule has 0 atom stereocenters. The number of rotatable bonds is 3. The Hall–Kier alpha value is -3.53. The molecular formula is C20H17FN6. The number of hydrogen-bond donors (Lipinski definition) is 0. The van der Waals surface area contributed by atoms with Crippen molar-refractivity contribution in [2.24, 2.45) is 0 Å². The van der Waals surface area contributed by atoms with Gasteiger partial charge in [-0.1, -0.05) is 12.1 Å². The molecule has 1 fully saturated rings. The Morgan fingerprint density at radius 1 is 0.926 bits per heavy atom. The smallest absolute Gasteiger partial charge is 0.151 e. The van der Waals surface area contributed by atoms with Gasteiger partial charge in [0.1, 0.15) is 17.6 Å². The third kappa shape index (κ3) is 3.70. The van der Waals surface area contributed by atoms with Gasteiger partial charge in [-0.3, -0.25) is 0 Å². The van der Waals surface area contributed by atoms with Crippen LogP contribution in [-0.4, -0.2) is 41.4 Å². The molecule has 134 valence electrons. The summed E-state index contributed by atoms with van der Waals surface area (Å²) in [7, 11) is 0. The molecule has 0 unspecified atom stereocenters. The maximum atomic E-state index is 13.4. The van der Waals surface area contributed by atoms with E-state index >= 15 is 0 Å². The van der Waals surface area contributed by atoms with Crippen molar-refractivity contribution in [3.8, 4) is 17.3 Å². The van der Waals surface area contributed by atoms with E-state index in [1.54, 1.807) is 12.3 Å². The van der Waals surface area contributed by atoms with Gasteiger partial charge in [0.05, 0.1) is 5.69 Å². The summed E-state index contributed by atoms with van der Waals surface area (Å²) in [6.45, 7) is 3.25. The van der Waals surface area contributed by atoms with E-state index in [-0.39, 0.29) is 5.82 Å². The van der Waals surface area contributed by atoms with Crippen LogP contribution < -0.4 is 9.80 Å². The number of hydrogen-bond acceptors (Lipinski definition) is 6. The maximum absolute atomic E-state index is 13.4. The van der Waals surface area contributed by atoms with Crippen molar-refractivity contribution in [3.63, 3.8) is 0 Å². The van der Waals surface area contributed by atoms with Crippen molar-refractivity contribution in [1.29, 1.82) is 5.26 Å². The number of nitrogens with zero attached hydrogens (tertiary/aromatic N) is 6. The second-order valence-corrected chi connectivity index (χ2v) is 6.27. The van der Waals surface area contributed by atoms with E-state index in [4.69, 9.17) is 5.26 Å². The summed E-state index contributed by atoms with van der Waals surface area (Å²) in [5, 5.41) is 17.6. The first kappa shape index (κ1) is 16.9. The van der Waals surface area contributed by atoms with Crippen LogP contribution in [0.1, 0.15) is 5.69 Å². The van der Waals surface area contributed by atoms with Crippen LogP contribution in [-0.2, 0) is 0 Å². The number of halogens is 1. The molecule has 1 aliphatic heterocycles. The lowest BCUT2D eigenvalue weighted by Gasteiger charge is -2.36. The minimum absolute atomic E-state index is 0.287. The van der Waals surface area contributed by atoms with Gasteiger partial charge >= 0.3 is 0 Å². The zero-order valence-corrected chi connectivity index (χ0v) is 14.6. The molecule has 0 spiro atoms. The largest absolute Gasteiger partial charge is 0.368 e. The molecule has 0 amide bonds. The van der Waals surface area contributed by atoms with Gasteiger partial charge in [-0.2, -0.15) is 5.26 Å². The predicted molar refractivity (Wildman–Crippen MR) is 101 cm³/mol. The Bertz CT molecular complexity index is 974. The van der Waals surface area contributed by atoms with Crippen LogP contribution in [0.3, 0.4) is 0 Å². The molecule has 6 nitrogen and oxygen atoms in total. The fourth-order valence-electron chi connectivity index (χ4n) is 3.17. The van der Waals surface area contributed by atoms with Crippen LogP contribution in [0.15, 0.2) is 54.7 Å². The van der Waals surface area contributed by atoms with E-state index < -0.39 is 0 Å². The summed E-state index contributed by atoms with van der Waals surface area (Å²) in [4.78, 5) is 8.42. The zero-order valence-electron chi connectivity index (χ0n) is 14.6. The molecule has 4 rings (SSSR count). The molecule has 3 aromatic rings. The number of aromatic nitrogens is 3. The van der Waals surface area contributed by atoms with Crippen molar-refractivity contribution >= 4 is 11.5 Å². The average molecular weight is 360 g/mol. The first-order valence-electron chi connectivity index (χ1n) is 8.69. The number of nitriles is 1. The van der Waals surface area contributed by atoms with Crippen LogP contribution in [0, 0.1) is 17.1 Å². The SMILES string of the molecule is N#Cc1cc(N2CCN(c3ccc(-c4cccc(F)c4)nn3)CC2)ccn1. The van der Waals surface area contributed by atoms with Crippen LogP contribution in [0.25, 0.3) is 11.3 Å². The summed E-state index contributed by atoms with van der Waals surface area (Å²) in [6, 6.07) is 15.9. The van der Waals surface area contributed by atoms with Gasteiger partial charge in [0.15, 0.2) is 5.82 Å². The van der Waals surface area contributed by atoms with Crippen molar-refractivity contribution < 1.29 is 4.39 Å². The summed E-state index contributed by atoms with van der Waals surface area (Å²) in [5.74, 6) is 0.521. The summed E-state index contributed by atoms with van der Waals surface area (Å²) in [6.07, 6.45) is 1.66. The molecule has 1 saturated heterocycles. The van der Waals surface area contributed by atoms with E-state index in [0.29, 0.717) is 17.0 Å². The highest BCUT2D eigenvalue weighted by Crippen LogP contribution is 2.22. The molecule has 1 aliphatic rings. The van der Waals surface area contributed by atoms with Crippen molar-refractivity contribution in [1.82, 2.24) is 15.2 Å². The summed E-state index contributed by atoms with van der Waals surface area (Å²) >= 11 is 0. The molecule has 1 aromatic carbocycles. The van der Waals surface area contributed by atoms with Crippen LogP contribution in [0.4, 0.5) is 15.9 Å². The van der Waals surface area contributed by atoms with E-state index in [0.717, 1.165) is 37.7 Å². The van der Waals surface area contributed by atoms with Crippen LogP contribution in [0.5, 0.6) is 0 Å². The first-order chi connectivity index (χ1) is 13.2. The second-order valence-electron chi connectivity index (χ2n) is 6.27. The molecule has 2 aromatic heterocycles. The average Bonchev–Trinajstić information content (AvgIpc) is 2.74. The van der Waals surface area contributed by atoms with Gasteiger partial charge in [-0.05, 0) is 36.4 Å². The topological polar surface area (TPSA) is 68.9 Å². The van der Waals surface area contributed by atoms with Crippen molar-refractivity contribution in [3.05, 3.63) is 66.2 Å². The lowest BCUT2D eigenvalue weighted by atomic mass is 10.1. The lowest BCUT2D eigenvalue weighted by Crippen LogP contribution is -2.46. The fourth-order valence-corrected chi connectivity index (χ4v) is 3.17. The van der Waals surface area contributed by atoms with Gasteiger partial charge in [0, 0.05) is 43.6 Å². The molecule has 0 bridgehead atoms. The minimum atomic E-state index is -0.287. The number of pyridine rings is 1. The van der Waals surface area contributed by atoms with Gasteiger partial charge in [-0.25, -0.2) is 9.37 Å². The third-order valence-electron chi connectivity index (χ3n) is 4.60. The Labute approximate surface area is 156 Å². The Balaban J connectivity index is 1.43. The van der Waals surface area contributed by atoms with Gasteiger partial charge in [0.2, 0.25) is 0 Å². The first-order valence-corrected chi connectivity index (χ1v) is 8.69.